The Morgan fingerprint density at radius 1 is 0.967 bits per heavy atom. The average Bonchev–Trinajstić information content (AvgIpc) is 2.68. The summed E-state index contributed by atoms with van der Waals surface area (Å²) in [5.41, 5.74) is 2.51. The van der Waals surface area contributed by atoms with E-state index < -0.39 is 0 Å². The van der Waals surface area contributed by atoms with Gasteiger partial charge in [-0.25, -0.2) is 0 Å². The van der Waals surface area contributed by atoms with Crippen LogP contribution in [0.5, 0.6) is 0 Å². The van der Waals surface area contributed by atoms with Crippen LogP contribution in [-0.2, 0) is 6.42 Å². The molecular weight excluding hydrogens is 378 g/mol. The fourth-order valence-corrected chi connectivity index (χ4v) is 4.41. The molecule has 6 nitrogen and oxygen atoms in total. The van der Waals surface area contributed by atoms with Crippen LogP contribution < -0.4 is 5.56 Å². The molecule has 1 aliphatic carbocycles. The molecule has 1 aromatic carbocycles. The summed E-state index contributed by atoms with van der Waals surface area (Å²) in [5, 5.41) is 0. The van der Waals surface area contributed by atoms with Crippen molar-refractivity contribution in [3.63, 3.8) is 0 Å². The highest BCUT2D eigenvalue weighted by atomic mass is 16.2. The lowest BCUT2D eigenvalue weighted by Gasteiger charge is -2.34. The Morgan fingerprint density at radius 3 is 2.23 bits per heavy atom. The van der Waals surface area contributed by atoms with E-state index in [0.29, 0.717) is 42.9 Å². The number of fused-ring (bicyclic) bond motifs is 1. The average molecular weight is 408 g/mol. The molecule has 0 saturated carbocycles. The molecule has 0 radical (unpaired) electrons. The third kappa shape index (κ3) is 3.72. The fraction of sp³-hybridized carbons (Fsp3) is 0.458. The molecule has 0 unspecified atom stereocenters. The molecule has 1 fully saturated rings. The number of benzene rings is 1. The van der Waals surface area contributed by atoms with Gasteiger partial charge < -0.3 is 9.80 Å². The molecule has 0 bridgehead atoms. The number of carbonyl (C=O) groups is 2. The lowest BCUT2D eigenvalue weighted by molar-refractivity contribution is 0.0662. The van der Waals surface area contributed by atoms with Gasteiger partial charge in [0, 0.05) is 49.5 Å². The predicted octanol–water partition coefficient (Wildman–Crippen LogP) is 2.69. The van der Waals surface area contributed by atoms with E-state index in [1.165, 1.54) is 0 Å². The Balaban J connectivity index is 1.89. The van der Waals surface area contributed by atoms with Gasteiger partial charge in [-0.2, -0.15) is 0 Å². The van der Waals surface area contributed by atoms with Crippen LogP contribution in [0.25, 0.3) is 5.69 Å². The molecule has 0 spiro atoms. The largest absolute Gasteiger partial charge is 0.336 e. The first kappa shape index (κ1) is 20.5. The second-order valence-electron chi connectivity index (χ2n) is 9.43. The van der Waals surface area contributed by atoms with E-state index in [-0.39, 0.29) is 28.2 Å². The monoisotopic (exact) mass is 407 g/mol. The number of hydrogen-bond acceptors (Lipinski definition) is 4. The Hall–Kier alpha value is -2.73. The Labute approximate surface area is 177 Å². The van der Waals surface area contributed by atoms with Crippen molar-refractivity contribution in [2.75, 3.05) is 33.2 Å². The molecule has 2 aromatic rings. The minimum atomic E-state index is -0.341. The minimum Gasteiger partial charge on any atom is -0.336 e. The molecule has 2 aliphatic rings. The van der Waals surface area contributed by atoms with Gasteiger partial charge in [-0.1, -0.05) is 31.5 Å². The molecule has 30 heavy (non-hydrogen) atoms. The molecule has 1 aromatic heterocycles. The number of piperazine rings is 1. The quantitative estimate of drug-likeness (QED) is 0.768. The zero-order valence-electron chi connectivity index (χ0n) is 18.2. The van der Waals surface area contributed by atoms with Gasteiger partial charge in [-0.05, 0) is 44.0 Å². The molecular formula is C24H29N3O3. The van der Waals surface area contributed by atoms with Crippen molar-refractivity contribution in [2.45, 2.75) is 33.6 Å². The van der Waals surface area contributed by atoms with Crippen LogP contribution in [0.1, 0.15) is 52.2 Å². The lowest BCUT2D eigenvalue weighted by Crippen LogP contribution is -2.49. The number of amides is 1. The van der Waals surface area contributed by atoms with Crippen molar-refractivity contribution in [3.8, 4) is 5.69 Å². The van der Waals surface area contributed by atoms with Crippen LogP contribution in [0.2, 0.25) is 0 Å². The van der Waals surface area contributed by atoms with E-state index in [0.717, 1.165) is 18.7 Å². The third-order valence-electron chi connectivity index (χ3n) is 6.20. The Bertz CT molecular complexity index is 1060. The highest BCUT2D eigenvalue weighted by Gasteiger charge is 2.35. The highest BCUT2D eigenvalue weighted by Crippen LogP contribution is 2.35. The predicted molar refractivity (Wildman–Crippen MR) is 117 cm³/mol. The van der Waals surface area contributed by atoms with Crippen molar-refractivity contribution in [2.24, 2.45) is 5.41 Å². The fourth-order valence-electron chi connectivity index (χ4n) is 4.41. The first-order valence-corrected chi connectivity index (χ1v) is 10.5. The van der Waals surface area contributed by atoms with E-state index in [9.17, 15) is 14.4 Å². The number of carbonyl (C=O) groups excluding carboxylic acids is 2. The number of likely N-dealkylation sites (N-methyl/N-ethyl adjacent to an activating group) is 1. The van der Waals surface area contributed by atoms with Crippen molar-refractivity contribution >= 4 is 11.7 Å². The summed E-state index contributed by atoms with van der Waals surface area (Å²) in [7, 11) is 2.02. The summed E-state index contributed by atoms with van der Waals surface area (Å²) in [5.74, 6) is -0.288. The van der Waals surface area contributed by atoms with Crippen LogP contribution in [-0.4, -0.2) is 59.3 Å². The molecule has 6 heteroatoms. The van der Waals surface area contributed by atoms with Crippen molar-refractivity contribution in [3.05, 3.63) is 63.1 Å². The van der Waals surface area contributed by atoms with Crippen LogP contribution in [0.15, 0.2) is 35.1 Å². The topological polar surface area (TPSA) is 62.6 Å². The first-order chi connectivity index (χ1) is 14.2. The standard InChI is InChI=1S/C24H29N3O3/c1-16-5-7-17(8-6-16)27-20-14-24(2,3)15-21(28)18(20)13-19(23(27)30)22(29)26-11-9-25(4)10-12-26/h5-8,13H,9-12,14-15H2,1-4H3. The van der Waals surface area contributed by atoms with Crippen molar-refractivity contribution in [1.29, 1.82) is 0 Å². The van der Waals surface area contributed by atoms with E-state index >= 15 is 0 Å². The second kappa shape index (κ2) is 7.51. The number of Topliss-reactive ketones (excluding diaryl/α,β-unsaturated/α-hetero) is 1. The van der Waals surface area contributed by atoms with Gasteiger partial charge in [0.2, 0.25) is 0 Å². The Morgan fingerprint density at radius 2 is 1.60 bits per heavy atom. The number of hydrogen-bond donors (Lipinski definition) is 0. The number of nitrogens with zero attached hydrogens (tertiary/aromatic N) is 3. The zero-order valence-corrected chi connectivity index (χ0v) is 18.2. The molecule has 158 valence electrons. The van der Waals surface area contributed by atoms with Crippen molar-refractivity contribution in [1.82, 2.24) is 14.4 Å². The van der Waals surface area contributed by atoms with Gasteiger partial charge in [0.1, 0.15) is 5.56 Å². The Kier molecular flexibility index (Phi) is 5.14. The van der Waals surface area contributed by atoms with Crippen LogP contribution in [0, 0.1) is 12.3 Å². The molecule has 1 amide bonds. The number of ketones is 1. The van der Waals surface area contributed by atoms with Crippen LogP contribution in [0.3, 0.4) is 0 Å². The van der Waals surface area contributed by atoms with Crippen molar-refractivity contribution < 1.29 is 9.59 Å². The van der Waals surface area contributed by atoms with Gasteiger partial charge in [0.05, 0.1) is 0 Å². The van der Waals surface area contributed by atoms with E-state index in [2.05, 4.69) is 4.90 Å². The molecule has 1 aliphatic heterocycles. The normalized spacial score (nSPS) is 18.9. The van der Waals surface area contributed by atoms with Gasteiger partial charge >= 0.3 is 0 Å². The smallest absolute Gasteiger partial charge is 0.268 e. The maximum Gasteiger partial charge on any atom is 0.268 e. The summed E-state index contributed by atoms with van der Waals surface area (Å²) in [4.78, 5) is 43.7. The summed E-state index contributed by atoms with van der Waals surface area (Å²) >= 11 is 0. The second-order valence-corrected chi connectivity index (χ2v) is 9.43. The summed E-state index contributed by atoms with van der Waals surface area (Å²) in [6.45, 7) is 8.78. The molecule has 2 heterocycles. The minimum absolute atomic E-state index is 0.00506. The van der Waals surface area contributed by atoms with Gasteiger partial charge in [-0.15, -0.1) is 0 Å². The highest BCUT2D eigenvalue weighted by molar-refractivity contribution is 6.02. The maximum absolute atomic E-state index is 13.6. The maximum atomic E-state index is 13.6. The van der Waals surface area contributed by atoms with Crippen LogP contribution >= 0.6 is 0 Å². The SMILES string of the molecule is Cc1ccc(-n2c3c(cc(C(=O)N4CCN(C)CC4)c2=O)C(=O)CC(C)(C)C3)cc1. The number of aryl methyl sites for hydroxylation is 1. The van der Waals surface area contributed by atoms with Gasteiger partial charge in [0.15, 0.2) is 5.78 Å². The summed E-state index contributed by atoms with van der Waals surface area (Å²) in [6, 6.07) is 9.21. The number of aromatic nitrogens is 1. The third-order valence-corrected chi connectivity index (χ3v) is 6.20. The van der Waals surface area contributed by atoms with E-state index in [1.54, 1.807) is 15.5 Å². The lowest BCUT2D eigenvalue weighted by atomic mass is 9.75. The van der Waals surface area contributed by atoms with E-state index in [1.807, 2.05) is 52.1 Å². The van der Waals surface area contributed by atoms with Gasteiger partial charge in [-0.3, -0.25) is 19.0 Å². The first-order valence-electron chi connectivity index (χ1n) is 10.5. The van der Waals surface area contributed by atoms with Gasteiger partial charge in [0.25, 0.3) is 11.5 Å². The summed E-state index contributed by atoms with van der Waals surface area (Å²) in [6.07, 6.45) is 1.02. The molecule has 0 atom stereocenters. The van der Waals surface area contributed by atoms with E-state index in [4.69, 9.17) is 0 Å². The molecule has 4 rings (SSSR count). The zero-order chi connectivity index (χ0) is 21.6. The number of pyridine rings is 1. The molecule has 0 N–H and O–H groups in total. The summed E-state index contributed by atoms with van der Waals surface area (Å²) < 4.78 is 1.59. The van der Waals surface area contributed by atoms with Crippen LogP contribution in [0.4, 0.5) is 0 Å². The molecule has 1 saturated heterocycles. The number of rotatable bonds is 2.